The Morgan fingerprint density at radius 1 is 1.56 bits per heavy atom. The quantitative estimate of drug-likeness (QED) is 0.687. The van der Waals surface area contributed by atoms with E-state index < -0.39 is 0 Å². The molecule has 5 heteroatoms. The summed E-state index contributed by atoms with van der Waals surface area (Å²) in [5.74, 6) is 0.546. The van der Waals surface area contributed by atoms with Crippen LogP contribution in [0.1, 0.15) is 39.5 Å². The lowest BCUT2D eigenvalue weighted by Crippen LogP contribution is -2.49. The largest absolute Gasteiger partial charge is 0.396 e. The third-order valence-electron chi connectivity index (χ3n) is 3.81. The van der Waals surface area contributed by atoms with Gasteiger partial charge >= 0.3 is 0 Å². The predicted octanol–water partition coefficient (Wildman–Crippen LogP) is 1.32. The molecule has 0 aromatic carbocycles. The van der Waals surface area contributed by atoms with Gasteiger partial charge in [0.25, 0.3) is 0 Å². The third-order valence-corrected chi connectivity index (χ3v) is 3.81. The maximum atomic E-state index is 12.1. The van der Waals surface area contributed by atoms with Crippen molar-refractivity contribution in [3.8, 4) is 0 Å². The monoisotopic (exact) mass is 278 g/mol. The summed E-state index contributed by atoms with van der Waals surface area (Å²) in [6.07, 6.45) is 3.79. The molecule has 3 N–H and O–H groups in total. The molecule has 0 aliphatic carbocycles. The van der Waals surface area contributed by atoms with E-state index in [0.29, 0.717) is 12.5 Å². The van der Waals surface area contributed by atoms with Gasteiger partial charge < -0.3 is 15.7 Å². The van der Waals surface area contributed by atoms with Crippen LogP contribution in [-0.2, 0) is 4.79 Å². The van der Waals surface area contributed by atoms with E-state index in [4.69, 9.17) is 5.11 Å². The molecule has 108 valence electrons. The first-order valence-electron chi connectivity index (χ1n) is 6.72. The molecule has 1 rings (SSSR count). The Balaban J connectivity index is 0.00000289. The SMILES string of the molecule is CCC(CCO)CNC(=O)C1(C)CCCNC1.Cl. The number of amides is 1. The highest BCUT2D eigenvalue weighted by Crippen LogP contribution is 2.25. The average Bonchev–Trinajstić information content (AvgIpc) is 2.35. The van der Waals surface area contributed by atoms with Gasteiger partial charge in [0.05, 0.1) is 5.41 Å². The topological polar surface area (TPSA) is 61.4 Å². The van der Waals surface area contributed by atoms with Crippen molar-refractivity contribution < 1.29 is 9.90 Å². The van der Waals surface area contributed by atoms with Crippen molar-refractivity contribution in [2.75, 3.05) is 26.2 Å². The Labute approximate surface area is 116 Å². The summed E-state index contributed by atoms with van der Waals surface area (Å²) >= 11 is 0. The first-order valence-corrected chi connectivity index (χ1v) is 6.72. The smallest absolute Gasteiger partial charge is 0.227 e. The number of piperidine rings is 1. The molecule has 0 bridgehead atoms. The van der Waals surface area contributed by atoms with Crippen LogP contribution in [0.3, 0.4) is 0 Å². The Hall–Kier alpha value is -0.320. The average molecular weight is 279 g/mol. The van der Waals surface area contributed by atoms with Gasteiger partial charge in [-0.05, 0) is 38.6 Å². The van der Waals surface area contributed by atoms with Crippen molar-refractivity contribution in [3.05, 3.63) is 0 Å². The summed E-state index contributed by atoms with van der Waals surface area (Å²) in [4.78, 5) is 12.1. The molecule has 1 aliphatic rings. The minimum absolute atomic E-state index is 0. The summed E-state index contributed by atoms with van der Waals surface area (Å²) in [7, 11) is 0. The molecule has 2 unspecified atom stereocenters. The van der Waals surface area contributed by atoms with Crippen LogP contribution in [0.4, 0.5) is 0 Å². The normalized spacial score (nSPS) is 25.1. The van der Waals surface area contributed by atoms with Gasteiger partial charge in [0.2, 0.25) is 5.91 Å². The van der Waals surface area contributed by atoms with E-state index in [0.717, 1.165) is 38.8 Å². The molecule has 18 heavy (non-hydrogen) atoms. The molecular formula is C13H27ClN2O2. The number of halogens is 1. The number of hydrogen-bond acceptors (Lipinski definition) is 3. The van der Waals surface area contributed by atoms with Crippen LogP contribution in [0.5, 0.6) is 0 Å². The Morgan fingerprint density at radius 2 is 2.28 bits per heavy atom. The fourth-order valence-corrected chi connectivity index (χ4v) is 2.33. The third kappa shape index (κ3) is 5.12. The minimum Gasteiger partial charge on any atom is -0.396 e. The van der Waals surface area contributed by atoms with E-state index in [9.17, 15) is 4.79 Å². The van der Waals surface area contributed by atoms with Crippen LogP contribution in [-0.4, -0.2) is 37.3 Å². The van der Waals surface area contributed by atoms with Crippen LogP contribution in [0, 0.1) is 11.3 Å². The maximum Gasteiger partial charge on any atom is 0.227 e. The molecule has 4 nitrogen and oxygen atoms in total. The van der Waals surface area contributed by atoms with Crippen LogP contribution >= 0.6 is 12.4 Å². The molecule has 0 spiro atoms. The van der Waals surface area contributed by atoms with E-state index >= 15 is 0 Å². The van der Waals surface area contributed by atoms with Crippen LogP contribution < -0.4 is 10.6 Å². The van der Waals surface area contributed by atoms with Crippen molar-refractivity contribution in [1.29, 1.82) is 0 Å². The number of aliphatic hydroxyl groups excluding tert-OH is 1. The van der Waals surface area contributed by atoms with E-state index in [1.807, 2.05) is 6.92 Å². The zero-order valence-electron chi connectivity index (χ0n) is 11.5. The van der Waals surface area contributed by atoms with Gasteiger partial charge in [0.15, 0.2) is 0 Å². The summed E-state index contributed by atoms with van der Waals surface area (Å²) in [6.45, 7) is 6.80. The lowest BCUT2D eigenvalue weighted by molar-refractivity contribution is -0.131. The van der Waals surface area contributed by atoms with Crippen molar-refractivity contribution >= 4 is 18.3 Å². The Kier molecular flexibility index (Phi) is 8.57. The summed E-state index contributed by atoms with van der Waals surface area (Å²) in [5, 5.41) is 15.2. The second-order valence-corrected chi connectivity index (χ2v) is 5.34. The van der Waals surface area contributed by atoms with Gasteiger partial charge in [-0.25, -0.2) is 0 Å². The van der Waals surface area contributed by atoms with Crippen LogP contribution in [0.25, 0.3) is 0 Å². The second kappa shape index (κ2) is 8.73. The molecule has 2 atom stereocenters. The predicted molar refractivity (Wildman–Crippen MR) is 76.0 cm³/mol. The van der Waals surface area contributed by atoms with Crippen molar-refractivity contribution in [2.45, 2.75) is 39.5 Å². The zero-order chi connectivity index (χ0) is 12.7. The van der Waals surface area contributed by atoms with Crippen LogP contribution in [0.2, 0.25) is 0 Å². The zero-order valence-corrected chi connectivity index (χ0v) is 12.3. The van der Waals surface area contributed by atoms with E-state index in [-0.39, 0.29) is 30.3 Å². The van der Waals surface area contributed by atoms with Crippen molar-refractivity contribution in [2.24, 2.45) is 11.3 Å². The minimum atomic E-state index is -0.254. The molecule has 1 aliphatic heterocycles. The van der Waals surface area contributed by atoms with E-state index in [1.54, 1.807) is 0 Å². The number of hydrogen-bond donors (Lipinski definition) is 3. The summed E-state index contributed by atoms with van der Waals surface area (Å²) in [5.41, 5.74) is -0.254. The lowest BCUT2D eigenvalue weighted by atomic mass is 9.82. The Bertz CT molecular complexity index is 243. The molecule has 1 heterocycles. The number of aliphatic hydroxyl groups is 1. The van der Waals surface area contributed by atoms with Gasteiger partial charge in [-0.1, -0.05) is 13.3 Å². The second-order valence-electron chi connectivity index (χ2n) is 5.34. The van der Waals surface area contributed by atoms with E-state index in [1.165, 1.54) is 0 Å². The highest BCUT2D eigenvalue weighted by molar-refractivity contribution is 5.85. The molecule has 1 saturated heterocycles. The maximum absolute atomic E-state index is 12.1. The number of nitrogens with one attached hydrogen (secondary N) is 2. The summed E-state index contributed by atoms with van der Waals surface area (Å²) in [6, 6.07) is 0. The highest BCUT2D eigenvalue weighted by atomic mass is 35.5. The van der Waals surface area contributed by atoms with Gasteiger partial charge in [0, 0.05) is 19.7 Å². The molecular weight excluding hydrogens is 252 g/mol. The Morgan fingerprint density at radius 3 is 2.78 bits per heavy atom. The van der Waals surface area contributed by atoms with Crippen molar-refractivity contribution in [1.82, 2.24) is 10.6 Å². The fourth-order valence-electron chi connectivity index (χ4n) is 2.33. The molecule has 0 aromatic rings. The van der Waals surface area contributed by atoms with Gasteiger partial charge in [-0.2, -0.15) is 0 Å². The molecule has 0 radical (unpaired) electrons. The van der Waals surface area contributed by atoms with Crippen molar-refractivity contribution in [3.63, 3.8) is 0 Å². The number of carbonyl (C=O) groups is 1. The number of rotatable bonds is 6. The van der Waals surface area contributed by atoms with Gasteiger partial charge in [-0.15, -0.1) is 12.4 Å². The highest BCUT2D eigenvalue weighted by Gasteiger charge is 2.34. The van der Waals surface area contributed by atoms with Gasteiger partial charge in [-0.3, -0.25) is 4.79 Å². The first kappa shape index (κ1) is 17.7. The number of carbonyl (C=O) groups excluding carboxylic acids is 1. The van der Waals surface area contributed by atoms with E-state index in [2.05, 4.69) is 17.6 Å². The standard InChI is InChI=1S/C13H26N2O2.ClH/c1-3-11(5-8-16)9-15-12(17)13(2)6-4-7-14-10-13;/h11,14,16H,3-10H2,1-2H3,(H,15,17);1H. The summed E-state index contributed by atoms with van der Waals surface area (Å²) < 4.78 is 0. The fraction of sp³-hybridized carbons (Fsp3) is 0.923. The molecule has 0 aromatic heterocycles. The van der Waals surface area contributed by atoms with Gasteiger partial charge in [0.1, 0.15) is 0 Å². The molecule has 0 saturated carbocycles. The molecule has 1 amide bonds. The lowest BCUT2D eigenvalue weighted by Gasteiger charge is -2.33. The first-order chi connectivity index (χ1) is 8.12. The van der Waals surface area contributed by atoms with Crippen LogP contribution in [0.15, 0.2) is 0 Å². The molecule has 1 fully saturated rings.